The summed E-state index contributed by atoms with van der Waals surface area (Å²) >= 11 is 0. The first-order valence-electron chi connectivity index (χ1n) is 15.6. The third-order valence-electron chi connectivity index (χ3n) is 8.51. The van der Waals surface area contributed by atoms with Crippen molar-refractivity contribution in [3.8, 4) is 0 Å². The number of aryl methyl sites for hydroxylation is 1. The lowest BCUT2D eigenvalue weighted by molar-refractivity contribution is -0.127. The molecule has 44 heavy (non-hydrogen) atoms. The van der Waals surface area contributed by atoms with Crippen LogP contribution in [0, 0.1) is 11.8 Å². The number of halogens is 3. The van der Waals surface area contributed by atoms with Crippen LogP contribution in [0.3, 0.4) is 0 Å². The summed E-state index contributed by atoms with van der Waals surface area (Å²) in [6.45, 7) is 3.75. The fourth-order valence-electron chi connectivity index (χ4n) is 6.05. The SMILES string of the molecule is CCCCCCC(NC(=O)c1ccnn1CCF)c1cn2nc(C[C@H]3CC(C)CNC3=O)c(C3COCCC3(F)F)nc2n1. The zero-order valence-corrected chi connectivity index (χ0v) is 25.3. The molecule has 4 atom stereocenters. The van der Waals surface area contributed by atoms with Gasteiger partial charge < -0.3 is 15.4 Å². The molecule has 3 unspecified atom stereocenters. The minimum atomic E-state index is -3.06. The Hall–Kier alpha value is -3.55. The molecule has 0 spiro atoms. The van der Waals surface area contributed by atoms with Crippen molar-refractivity contribution in [2.75, 3.05) is 26.4 Å². The van der Waals surface area contributed by atoms with Crippen molar-refractivity contribution in [1.29, 1.82) is 0 Å². The first-order chi connectivity index (χ1) is 21.2. The predicted molar refractivity (Wildman–Crippen MR) is 155 cm³/mol. The number of ether oxygens (including phenoxy) is 1. The standard InChI is InChI=1S/C30H41F3N8O3/c1-3-4-5-6-7-22(36-28(43)25-8-11-35-40(25)12-10-31)24-17-41-29(37-24)38-26(21-18-44-13-9-30(21,32)33)23(39-41)15-20-14-19(2)16-34-27(20)42/h8,11,17,19-22H,3-7,9-10,12-16,18H2,1-2H3,(H,34,42)(H,36,43)/t19?,20-,21?,22?/m1/s1. The van der Waals surface area contributed by atoms with Crippen LogP contribution in [0.15, 0.2) is 18.5 Å². The van der Waals surface area contributed by atoms with Crippen molar-refractivity contribution in [1.82, 2.24) is 40.0 Å². The highest BCUT2D eigenvalue weighted by Gasteiger charge is 2.46. The van der Waals surface area contributed by atoms with Gasteiger partial charge in [-0.15, -0.1) is 0 Å². The monoisotopic (exact) mass is 618 g/mol. The number of nitrogens with zero attached hydrogens (tertiary/aromatic N) is 6. The second-order valence-corrected chi connectivity index (χ2v) is 12.0. The summed E-state index contributed by atoms with van der Waals surface area (Å²) in [7, 11) is 0. The van der Waals surface area contributed by atoms with Gasteiger partial charge in [0.15, 0.2) is 0 Å². The van der Waals surface area contributed by atoms with Gasteiger partial charge in [-0.3, -0.25) is 14.3 Å². The van der Waals surface area contributed by atoms with E-state index in [1.54, 1.807) is 6.20 Å². The lowest BCUT2D eigenvalue weighted by atomic mass is 9.85. The van der Waals surface area contributed by atoms with Crippen molar-refractivity contribution in [3.63, 3.8) is 0 Å². The largest absolute Gasteiger partial charge is 0.380 e. The van der Waals surface area contributed by atoms with E-state index in [-0.39, 0.29) is 55.2 Å². The quantitative estimate of drug-likeness (QED) is 0.275. The Balaban J connectivity index is 1.50. The molecule has 2 fully saturated rings. The van der Waals surface area contributed by atoms with Crippen molar-refractivity contribution >= 4 is 17.6 Å². The minimum absolute atomic E-state index is 0.0437. The number of hydrogen-bond acceptors (Lipinski definition) is 7. The molecule has 2 aliphatic heterocycles. The van der Waals surface area contributed by atoms with Crippen LogP contribution in [-0.2, 0) is 22.5 Å². The number of hydrogen-bond donors (Lipinski definition) is 2. The number of amides is 2. The van der Waals surface area contributed by atoms with Crippen LogP contribution in [0.1, 0.15) is 98.3 Å². The molecule has 0 aliphatic carbocycles. The number of aromatic nitrogens is 6. The minimum Gasteiger partial charge on any atom is -0.380 e. The summed E-state index contributed by atoms with van der Waals surface area (Å²) in [6.07, 6.45) is 7.85. The van der Waals surface area contributed by atoms with E-state index in [1.807, 2.05) is 6.92 Å². The number of alkyl halides is 3. The normalized spacial score (nSPS) is 22.6. The molecular formula is C30H41F3N8O3. The van der Waals surface area contributed by atoms with E-state index >= 15 is 8.78 Å². The summed E-state index contributed by atoms with van der Waals surface area (Å²) in [5.74, 6) is -5.00. The predicted octanol–water partition coefficient (Wildman–Crippen LogP) is 4.19. The number of carbonyl (C=O) groups is 2. The average molecular weight is 619 g/mol. The molecule has 2 saturated heterocycles. The van der Waals surface area contributed by atoms with Gasteiger partial charge in [-0.2, -0.15) is 10.2 Å². The van der Waals surface area contributed by atoms with E-state index in [2.05, 4.69) is 32.6 Å². The molecule has 2 aliphatic rings. The summed E-state index contributed by atoms with van der Waals surface area (Å²) < 4.78 is 51.7. The summed E-state index contributed by atoms with van der Waals surface area (Å²) in [5.41, 5.74) is 1.10. The summed E-state index contributed by atoms with van der Waals surface area (Å²) in [6, 6.07) is 0.993. The van der Waals surface area contributed by atoms with E-state index < -0.39 is 42.8 Å². The van der Waals surface area contributed by atoms with Gasteiger partial charge in [0, 0.05) is 31.5 Å². The van der Waals surface area contributed by atoms with Crippen molar-refractivity contribution in [2.45, 2.75) is 89.6 Å². The molecule has 2 N–H and O–H groups in total. The Bertz CT molecular complexity index is 1440. The maximum atomic E-state index is 15.2. The number of imidazole rings is 1. The van der Waals surface area contributed by atoms with Gasteiger partial charge in [-0.25, -0.2) is 27.7 Å². The number of unbranched alkanes of at least 4 members (excludes halogenated alkanes) is 3. The first kappa shape index (κ1) is 31.9. The van der Waals surface area contributed by atoms with Crippen LogP contribution < -0.4 is 10.6 Å². The van der Waals surface area contributed by atoms with Gasteiger partial charge >= 0.3 is 0 Å². The Labute approximate surface area is 254 Å². The molecule has 3 aromatic heterocycles. The Kier molecular flexibility index (Phi) is 10.2. The summed E-state index contributed by atoms with van der Waals surface area (Å²) in [5, 5.41) is 14.6. The van der Waals surface area contributed by atoms with Crippen LogP contribution in [-0.4, -0.2) is 73.5 Å². The molecule has 14 heteroatoms. The second-order valence-electron chi connectivity index (χ2n) is 12.0. The lowest BCUT2D eigenvalue weighted by Crippen LogP contribution is -2.42. The second kappa shape index (κ2) is 14.0. The zero-order valence-electron chi connectivity index (χ0n) is 25.3. The van der Waals surface area contributed by atoms with Crippen molar-refractivity contribution in [2.24, 2.45) is 11.8 Å². The third-order valence-corrected chi connectivity index (χ3v) is 8.51. The number of rotatable bonds is 13. The molecular weight excluding hydrogens is 577 g/mol. The molecule has 0 bridgehead atoms. The molecule has 0 radical (unpaired) electrons. The van der Waals surface area contributed by atoms with Crippen LogP contribution >= 0.6 is 0 Å². The molecule has 11 nitrogen and oxygen atoms in total. The zero-order chi connectivity index (χ0) is 31.3. The van der Waals surface area contributed by atoms with E-state index in [0.29, 0.717) is 30.8 Å². The summed E-state index contributed by atoms with van der Waals surface area (Å²) in [4.78, 5) is 35.2. The number of fused-ring (bicyclic) bond motifs is 1. The highest BCUT2D eigenvalue weighted by atomic mass is 19.3. The molecule has 5 heterocycles. The van der Waals surface area contributed by atoms with Crippen LogP contribution in [0.5, 0.6) is 0 Å². The van der Waals surface area contributed by atoms with Gasteiger partial charge in [-0.05, 0) is 24.8 Å². The number of carbonyl (C=O) groups excluding carboxylic acids is 2. The first-order valence-corrected chi connectivity index (χ1v) is 15.6. The third kappa shape index (κ3) is 7.22. The molecule has 3 aromatic rings. The Morgan fingerprint density at radius 1 is 1.27 bits per heavy atom. The molecule has 0 aromatic carbocycles. The highest BCUT2D eigenvalue weighted by Crippen LogP contribution is 2.40. The number of nitrogens with one attached hydrogen (secondary N) is 2. The van der Waals surface area contributed by atoms with Crippen LogP contribution in [0.4, 0.5) is 13.2 Å². The van der Waals surface area contributed by atoms with Crippen molar-refractivity contribution < 1.29 is 27.5 Å². The number of piperidine rings is 1. The van der Waals surface area contributed by atoms with Gasteiger partial charge in [0.2, 0.25) is 5.91 Å². The van der Waals surface area contributed by atoms with Gasteiger partial charge in [-0.1, -0.05) is 39.5 Å². The van der Waals surface area contributed by atoms with E-state index in [4.69, 9.17) is 9.84 Å². The molecule has 5 rings (SSSR count). The van der Waals surface area contributed by atoms with E-state index in [0.717, 1.165) is 25.7 Å². The smallest absolute Gasteiger partial charge is 0.270 e. The highest BCUT2D eigenvalue weighted by molar-refractivity contribution is 5.92. The molecule has 240 valence electrons. The van der Waals surface area contributed by atoms with Crippen LogP contribution in [0.25, 0.3) is 5.78 Å². The average Bonchev–Trinajstić information content (AvgIpc) is 3.63. The van der Waals surface area contributed by atoms with Crippen LogP contribution in [0.2, 0.25) is 0 Å². The fraction of sp³-hybridized carbons (Fsp3) is 0.667. The van der Waals surface area contributed by atoms with Crippen molar-refractivity contribution in [3.05, 3.63) is 41.2 Å². The Morgan fingerprint density at radius 3 is 2.89 bits per heavy atom. The fourth-order valence-corrected chi connectivity index (χ4v) is 6.05. The van der Waals surface area contributed by atoms with E-state index in [1.165, 1.54) is 21.5 Å². The maximum absolute atomic E-state index is 15.2. The Morgan fingerprint density at radius 2 is 2.11 bits per heavy atom. The van der Waals surface area contributed by atoms with Gasteiger partial charge in [0.25, 0.3) is 17.6 Å². The maximum Gasteiger partial charge on any atom is 0.270 e. The molecule has 0 saturated carbocycles. The van der Waals surface area contributed by atoms with Gasteiger partial charge in [0.05, 0.1) is 55.0 Å². The van der Waals surface area contributed by atoms with Gasteiger partial charge in [0.1, 0.15) is 12.4 Å². The lowest BCUT2D eigenvalue weighted by Gasteiger charge is -2.32. The van der Waals surface area contributed by atoms with E-state index in [9.17, 15) is 14.0 Å². The topological polar surface area (TPSA) is 128 Å². The molecule has 2 amide bonds.